The van der Waals surface area contributed by atoms with E-state index < -0.39 is 4.92 Å². The maximum atomic E-state index is 11.2. The monoisotopic (exact) mass is 278 g/mol. The minimum atomic E-state index is -0.425. The maximum Gasteiger partial charge on any atom is 0.316 e. The van der Waals surface area contributed by atoms with Gasteiger partial charge in [-0.15, -0.1) is 0 Å². The summed E-state index contributed by atoms with van der Waals surface area (Å²) in [5, 5.41) is 18.0. The van der Waals surface area contributed by atoms with Crippen molar-refractivity contribution in [1.82, 2.24) is 9.97 Å². The van der Waals surface area contributed by atoms with Gasteiger partial charge in [0.25, 0.3) is 0 Å². The van der Waals surface area contributed by atoms with E-state index in [1.807, 2.05) is 23.8 Å². The zero-order valence-corrected chi connectivity index (χ0v) is 11.5. The van der Waals surface area contributed by atoms with Gasteiger partial charge in [0.1, 0.15) is 5.69 Å². The number of anilines is 1. The zero-order valence-electron chi connectivity index (χ0n) is 10.7. The molecule has 2 rings (SSSR count). The van der Waals surface area contributed by atoms with E-state index in [0.717, 1.165) is 18.5 Å². The molecule has 2 aromatic rings. The average Bonchev–Trinajstić information content (AvgIpc) is 2.88. The van der Waals surface area contributed by atoms with Crippen molar-refractivity contribution in [2.45, 2.75) is 20.3 Å². The van der Waals surface area contributed by atoms with E-state index in [4.69, 9.17) is 0 Å². The third-order valence-corrected chi connectivity index (χ3v) is 3.25. The summed E-state index contributed by atoms with van der Waals surface area (Å²) in [6.45, 7) is 4.40. The summed E-state index contributed by atoms with van der Waals surface area (Å²) in [6.07, 6.45) is 0.938. The first-order valence-corrected chi connectivity index (χ1v) is 6.87. The Kier molecular flexibility index (Phi) is 4.06. The van der Waals surface area contributed by atoms with Gasteiger partial charge in [-0.3, -0.25) is 10.1 Å². The Morgan fingerprint density at radius 1 is 1.47 bits per heavy atom. The van der Waals surface area contributed by atoms with Crippen molar-refractivity contribution in [2.24, 2.45) is 0 Å². The fourth-order valence-electron chi connectivity index (χ4n) is 1.70. The molecule has 0 spiro atoms. The topological polar surface area (TPSA) is 81.0 Å². The third kappa shape index (κ3) is 2.87. The average molecular weight is 278 g/mol. The van der Waals surface area contributed by atoms with Crippen molar-refractivity contribution in [1.29, 1.82) is 0 Å². The van der Waals surface area contributed by atoms with Crippen molar-refractivity contribution >= 4 is 23.0 Å². The van der Waals surface area contributed by atoms with Crippen molar-refractivity contribution in [3.8, 4) is 11.3 Å². The summed E-state index contributed by atoms with van der Waals surface area (Å²) < 4.78 is 0. The molecule has 0 aromatic carbocycles. The van der Waals surface area contributed by atoms with Gasteiger partial charge in [-0.2, -0.15) is 11.3 Å². The van der Waals surface area contributed by atoms with Crippen LogP contribution < -0.4 is 5.32 Å². The van der Waals surface area contributed by atoms with Crippen LogP contribution in [0.4, 0.5) is 11.6 Å². The Hall–Kier alpha value is -2.02. The van der Waals surface area contributed by atoms with E-state index >= 15 is 0 Å². The van der Waals surface area contributed by atoms with E-state index in [2.05, 4.69) is 15.3 Å². The van der Waals surface area contributed by atoms with Crippen LogP contribution >= 0.6 is 11.3 Å². The molecule has 0 saturated heterocycles. The fraction of sp³-hybridized carbons (Fsp3) is 0.333. The molecule has 19 heavy (non-hydrogen) atoms. The summed E-state index contributed by atoms with van der Waals surface area (Å²) in [5.74, 6) is 0.436. The maximum absolute atomic E-state index is 11.2. The standard InChI is InChI=1S/C12H14N4O2S/c1-3-5-13-12-14-8(2)11(16(17)18)10(15-12)9-4-6-19-7-9/h4,6-7H,3,5H2,1-2H3,(H,13,14,15). The SMILES string of the molecule is CCCNc1nc(C)c([N+](=O)[O-])c(-c2ccsc2)n1. The number of thiophene rings is 1. The van der Waals surface area contributed by atoms with Gasteiger partial charge < -0.3 is 5.32 Å². The Labute approximate surface area is 114 Å². The van der Waals surface area contributed by atoms with Crippen LogP contribution in [-0.4, -0.2) is 21.4 Å². The van der Waals surface area contributed by atoms with Gasteiger partial charge in [0, 0.05) is 17.5 Å². The van der Waals surface area contributed by atoms with Gasteiger partial charge >= 0.3 is 5.69 Å². The first-order valence-electron chi connectivity index (χ1n) is 5.93. The lowest BCUT2D eigenvalue weighted by Crippen LogP contribution is -2.08. The molecular formula is C12H14N4O2S. The van der Waals surface area contributed by atoms with Crippen LogP contribution in [0.15, 0.2) is 16.8 Å². The van der Waals surface area contributed by atoms with Crippen molar-refractivity contribution in [3.63, 3.8) is 0 Å². The van der Waals surface area contributed by atoms with E-state index in [0.29, 0.717) is 17.3 Å². The Morgan fingerprint density at radius 2 is 2.26 bits per heavy atom. The van der Waals surface area contributed by atoms with E-state index in [-0.39, 0.29) is 5.69 Å². The second kappa shape index (κ2) is 5.75. The summed E-state index contributed by atoms with van der Waals surface area (Å²) >= 11 is 1.48. The van der Waals surface area contributed by atoms with Gasteiger partial charge in [-0.05, 0) is 24.8 Å². The van der Waals surface area contributed by atoms with Crippen molar-refractivity contribution in [3.05, 3.63) is 32.6 Å². The highest BCUT2D eigenvalue weighted by Crippen LogP contribution is 2.32. The highest BCUT2D eigenvalue weighted by Gasteiger charge is 2.23. The molecule has 100 valence electrons. The molecule has 0 aliphatic heterocycles. The molecular weight excluding hydrogens is 264 g/mol. The number of aryl methyl sites for hydroxylation is 1. The van der Waals surface area contributed by atoms with Crippen LogP contribution in [0.25, 0.3) is 11.3 Å². The summed E-state index contributed by atoms with van der Waals surface area (Å²) in [7, 11) is 0. The Morgan fingerprint density at radius 3 is 2.84 bits per heavy atom. The molecule has 6 nitrogen and oxygen atoms in total. The van der Waals surface area contributed by atoms with Crippen LogP contribution in [0.5, 0.6) is 0 Å². The lowest BCUT2D eigenvalue weighted by atomic mass is 10.2. The largest absolute Gasteiger partial charge is 0.354 e. The first kappa shape index (κ1) is 13.4. The van der Waals surface area contributed by atoms with Gasteiger partial charge in [0.2, 0.25) is 5.95 Å². The number of rotatable bonds is 5. The second-order valence-corrected chi connectivity index (χ2v) is 4.81. The number of nitrogens with one attached hydrogen (secondary N) is 1. The summed E-state index contributed by atoms with van der Waals surface area (Å²) in [6, 6.07) is 1.82. The van der Waals surface area contributed by atoms with Gasteiger partial charge in [-0.1, -0.05) is 6.92 Å². The Bertz CT molecular complexity index is 584. The number of hydrogen-bond donors (Lipinski definition) is 1. The van der Waals surface area contributed by atoms with E-state index in [9.17, 15) is 10.1 Å². The van der Waals surface area contributed by atoms with Crippen LogP contribution in [0.1, 0.15) is 19.0 Å². The third-order valence-electron chi connectivity index (χ3n) is 2.57. The van der Waals surface area contributed by atoms with E-state index in [1.54, 1.807) is 6.92 Å². The minimum absolute atomic E-state index is 0.0274. The number of aromatic nitrogens is 2. The molecule has 2 aromatic heterocycles. The van der Waals surface area contributed by atoms with Crippen LogP contribution in [0.3, 0.4) is 0 Å². The van der Waals surface area contributed by atoms with Crippen molar-refractivity contribution < 1.29 is 4.92 Å². The number of nitrogens with zero attached hydrogens (tertiary/aromatic N) is 3. The normalized spacial score (nSPS) is 10.4. The van der Waals surface area contributed by atoms with Gasteiger partial charge in [-0.25, -0.2) is 9.97 Å². The molecule has 7 heteroatoms. The van der Waals surface area contributed by atoms with Crippen LogP contribution in [0.2, 0.25) is 0 Å². The Balaban J connectivity index is 2.53. The van der Waals surface area contributed by atoms with E-state index in [1.165, 1.54) is 11.3 Å². The molecule has 0 unspecified atom stereocenters. The van der Waals surface area contributed by atoms with Crippen LogP contribution in [0, 0.1) is 17.0 Å². The highest BCUT2D eigenvalue weighted by atomic mass is 32.1. The predicted molar refractivity (Wildman–Crippen MR) is 75.5 cm³/mol. The van der Waals surface area contributed by atoms with Gasteiger partial charge in [0.05, 0.1) is 4.92 Å². The van der Waals surface area contributed by atoms with Gasteiger partial charge in [0.15, 0.2) is 5.69 Å². The number of hydrogen-bond acceptors (Lipinski definition) is 6. The summed E-state index contributed by atoms with van der Waals surface area (Å²) in [4.78, 5) is 19.2. The first-order chi connectivity index (χ1) is 9.13. The quantitative estimate of drug-likeness (QED) is 0.670. The lowest BCUT2D eigenvalue weighted by molar-refractivity contribution is -0.385. The highest BCUT2D eigenvalue weighted by molar-refractivity contribution is 7.08. The molecule has 0 atom stereocenters. The van der Waals surface area contributed by atoms with Crippen LogP contribution in [-0.2, 0) is 0 Å². The second-order valence-electron chi connectivity index (χ2n) is 4.03. The minimum Gasteiger partial charge on any atom is -0.354 e. The molecule has 0 amide bonds. The molecule has 0 bridgehead atoms. The zero-order chi connectivity index (χ0) is 13.8. The summed E-state index contributed by atoms with van der Waals surface area (Å²) in [5.41, 5.74) is 1.47. The number of nitro groups is 1. The predicted octanol–water partition coefficient (Wildman–Crippen LogP) is 3.24. The molecule has 1 N–H and O–H groups in total. The molecule has 0 aliphatic carbocycles. The molecule has 0 fully saturated rings. The smallest absolute Gasteiger partial charge is 0.316 e. The lowest BCUT2D eigenvalue weighted by Gasteiger charge is -2.07. The molecule has 0 radical (unpaired) electrons. The molecule has 0 aliphatic rings. The molecule has 2 heterocycles. The molecule has 0 saturated carbocycles. The van der Waals surface area contributed by atoms with Crippen molar-refractivity contribution in [2.75, 3.05) is 11.9 Å². The fourth-order valence-corrected chi connectivity index (χ4v) is 2.34.